The third-order valence-electron chi connectivity index (χ3n) is 4.17. The van der Waals surface area contributed by atoms with Gasteiger partial charge in [0, 0.05) is 18.5 Å². The minimum Gasteiger partial charge on any atom is -0.493 e. The van der Waals surface area contributed by atoms with Crippen molar-refractivity contribution in [3.8, 4) is 11.8 Å². The number of benzene rings is 2. The third-order valence-corrected chi connectivity index (χ3v) is 4.17. The number of fused-ring (bicyclic) bond motifs is 1. The highest BCUT2D eigenvalue weighted by atomic mass is 16.5. The molecule has 1 aliphatic heterocycles. The summed E-state index contributed by atoms with van der Waals surface area (Å²) in [5.74, 6) is 0.829. The third kappa shape index (κ3) is 2.69. The number of hydrogen-bond acceptors (Lipinski definition) is 4. The first-order chi connectivity index (χ1) is 10.8. The number of aliphatic hydroxyl groups is 1. The summed E-state index contributed by atoms with van der Waals surface area (Å²) in [4.78, 5) is 0. The molecule has 1 heterocycles. The maximum Gasteiger partial charge on any atom is 0.124 e. The van der Waals surface area contributed by atoms with Crippen molar-refractivity contribution in [2.75, 3.05) is 13.2 Å². The predicted octanol–water partition coefficient (Wildman–Crippen LogP) is 2.32. The molecule has 0 aromatic heterocycles. The average Bonchev–Trinajstić information content (AvgIpc) is 2.60. The van der Waals surface area contributed by atoms with E-state index in [2.05, 4.69) is 11.4 Å². The standard InChI is InChI=1S/C18H18N2O2/c19-11-14-5-7-15(8-6-14)12-20-18(13-21)9-10-22-17-4-2-1-3-16(17)18/h1-8,20-21H,9-10,12-13H2. The molecule has 0 fully saturated rings. The zero-order chi connectivity index (χ0) is 15.4. The van der Waals surface area contributed by atoms with Gasteiger partial charge in [-0.2, -0.15) is 5.26 Å². The summed E-state index contributed by atoms with van der Waals surface area (Å²) in [6, 6.07) is 17.4. The number of para-hydroxylation sites is 1. The molecule has 0 bridgehead atoms. The highest BCUT2D eigenvalue weighted by Crippen LogP contribution is 2.36. The molecule has 3 rings (SSSR count). The minimum absolute atomic E-state index is 0.0175. The summed E-state index contributed by atoms with van der Waals surface area (Å²) in [6.07, 6.45) is 0.719. The van der Waals surface area contributed by atoms with E-state index in [-0.39, 0.29) is 6.61 Å². The SMILES string of the molecule is N#Cc1ccc(CNC2(CO)CCOc3ccccc32)cc1. The van der Waals surface area contributed by atoms with Crippen LogP contribution in [0, 0.1) is 11.3 Å². The highest BCUT2D eigenvalue weighted by molar-refractivity contribution is 5.41. The summed E-state index contributed by atoms with van der Waals surface area (Å²) in [5, 5.41) is 22.3. The smallest absolute Gasteiger partial charge is 0.124 e. The van der Waals surface area contributed by atoms with Gasteiger partial charge in [0.2, 0.25) is 0 Å². The first kappa shape index (κ1) is 14.6. The Morgan fingerprint density at radius 3 is 2.68 bits per heavy atom. The fourth-order valence-electron chi connectivity index (χ4n) is 2.83. The second kappa shape index (κ2) is 6.18. The van der Waals surface area contributed by atoms with Gasteiger partial charge in [-0.3, -0.25) is 0 Å². The molecule has 0 radical (unpaired) electrons. The molecule has 1 unspecified atom stereocenters. The van der Waals surface area contributed by atoms with Crippen LogP contribution in [-0.4, -0.2) is 18.3 Å². The van der Waals surface area contributed by atoms with Crippen LogP contribution < -0.4 is 10.1 Å². The Hall–Kier alpha value is -2.35. The molecule has 22 heavy (non-hydrogen) atoms. The Labute approximate surface area is 130 Å². The molecule has 0 amide bonds. The number of rotatable bonds is 4. The summed E-state index contributed by atoms with van der Waals surface area (Å²) < 4.78 is 5.68. The van der Waals surface area contributed by atoms with Gasteiger partial charge in [0.15, 0.2) is 0 Å². The van der Waals surface area contributed by atoms with Crippen molar-refractivity contribution in [3.63, 3.8) is 0 Å². The Morgan fingerprint density at radius 2 is 1.95 bits per heavy atom. The van der Waals surface area contributed by atoms with E-state index in [1.54, 1.807) is 12.1 Å². The van der Waals surface area contributed by atoms with Gasteiger partial charge in [0.05, 0.1) is 30.4 Å². The molecular weight excluding hydrogens is 276 g/mol. The molecule has 2 N–H and O–H groups in total. The van der Waals surface area contributed by atoms with Crippen LogP contribution >= 0.6 is 0 Å². The second-order valence-electron chi connectivity index (χ2n) is 5.50. The van der Waals surface area contributed by atoms with Gasteiger partial charge in [0.1, 0.15) is 5.75 Å². The molecule has 1 aliphatic rings. The molecule has 2 aromatic carbocycles. The summed E-state index contributed by atoms with van der Waals surface area (Å²) in [6.45, 7) is 1.22. The Balaban J connectivity index is 1.81. The summed E-state index contributed by atoms with van der Waals surface area (Å²) in [7, 11) is 0. The largest absolute Gasteiger partial charge is 0.493 e. The molecule has 0 aliphatic carbocycles. The number of nitriles is 1. The minimum atomic E-state index is -0.483. The molecule has 4 nitrogen and oxygen atoms in total. The van der Waals surface area contributed by atoms with Crippen molar-refractivity contribution in [1.29, 1.82) is 5.26 Å². The van der Waals surface area contributed by atoms with E-state index in [9.17, 15) is 5.11 Å². The average molecular weight is 294 g/mol. The number of nitrogens with one attached hydrogen (secondary N) is 1. The van der Waals surface area contributed by atoms with E-state index in [0.717, 1.165) is 23.3 Å². The predicted molar refractivity (Wildman–Crippen MR) is 83.3 cm³/mol. The Kier molecular flexibility index (Phi) is 4.10. The number of aliphatic hydroxyl groups excluding tert-OH is 1. The van der Waals surface area contributed by atoms with Crippen molar-refractivity contribution >= 4 is 0 Å². The lowest BCUT2D eigenvalue weighted by atomic mass is 9.85. The Morgan fingerprint density at radius 1 is 1.18 bits per heavy atom. The van der Waals surface area contributed by atoms with Crippen LogP contribution in [0.15, 0.2) is 48.5 Å². The van der Waals surface area contributed by atoms with Crippen LogP contribution in [0.2, 0.25) is 0 Å². The summed E-state index contributed by atoms with van der Waals surface area (Å²) >= 11 is 0. The van der Waals surface area contributed by atoms with Crippen molar-refractivity contribution in [1.82, 2.24) is 5.32 Å². The molecule has 4 heteroatoms. The highest BCUT2D eigenvalue weighted by Gasteiger charge is 2.36. The van der Waals surface area contributed by atoms with Crippen LogP contribution in [0.4, 0.5) is 0 Å². The monoisotopic (exact) mass is 294 g/mol. The quantitative estimate of drug-likeness (QED) is 0.908. The van der Waals surface area contributed by atoms with Crippen molar-refractivity contribution in [2.45, 2.75) is 18.5 Å². The lowest BCUT2D eigenvalue weighted by Crippen LogP contribution is -2.48. The molecule has 1 atom stereocenters. The van der Waals surface area contributed by atoms with E-state index in [0.29, 0.717) is 18.7 Å². The van der Waals surface area contributed by atoms with Gasteiger partial charge in [-0.15, -0.1) is 0 Å². The number of nitrogens with zero attached hydrogens (tertiary/aromatic N) is 1. The van der Waals surface area contributed by atoms with Crippen LogP contribution in [0.1, 0.15) is 23.1 Å². The number of hydrogen-bond donors (Lipinski definition) is 2. The fourth-order valence-corrected chi connectivity index (χ4v) is 2.83. The van der Waals surface area contributed by atoms with E-state index in [1.807, 2.05) is 36.4 Å². The van der Waals surface area contributed by atoms with Crippen molar-refractivity contribution < 1.29 is 9.84 Å². The van der Waals surface area contributed by atoms with Crippen LogP contribution in [-0.2, 0) is 12.1 Å². The molecule has 0 saturated carbocycles. The van der Waals surface area contributed by atoms with Gasteiger partial charge >= 0.3 is 0 Å². The van der Waals surface area contributed by atoms with E-state index in [1.165, 1.54) is 0 Å². The Bertz CT molecular complexity index is 691. The van der Waals surface area contributed by atoms with Crippen LogP contribution in [0.3, 0.4) is 0 Å². The van der Waals surface area contributed by atoms with Gasteiger partial charge in [-0.05, 0) is 23.8 Å². The topological polar surface area (TPSA) is 65.3 Å². The van der Waals surface area contributed by atoms with Crippen molar-refractivity contribution in [3.05, 3.63) is 65.2 Å². The fraction of sp³-hybridized carbons (Fsp3) is 0.278. The molecule has 2 aromatic rings. The zero-order valence-electron chi connectivity index (χ0n) is 12.2. The van der Waals surface area contributed by atoms with Crippen molar-refractivity contribution in [2.24, 2.45) is 0 Å². The first-order valence-electron chi connectivity index (χ1n) is 7.35. The van der Waals surface area contributed by atoms with E-state index in [4.69, 9.17) is 10.00 Å². The van der Waals surface area contributed by atoms with Gasteiger partial charge < -0.3 is 15.2 Å². The normalized spacial score (nSPS) is 19.8. The molecule has 0 spiro atoms. The van der Waals surface area contributed by atoms with Crippen LogP contribution in [0.25, 0.3) is 0 Å². The summed E-state index contributed by atoms with van der Waals surface area (Å²) in [5.41, 5.74) is 2.24. The number of ether oxygens (including phenoxy) is 1. The molecule has 0 saturated heterocycles. The lowest BCUT2D eigenvalue weighted by Gasteiger charge is -2.38. The lowest BCUT2D eigenvalue weighted by molar-refractivity contribution is 0.106. The van der Waals surface area contributed by atoms with E-state index >= 15 is 0 Å². The zero-order valence-corrected chi connectivity index (χ0v) is 12.2. The maximum absolute atomic E-state index is 9.99. The second-order valence-corrected chi connectivity index (χ2v) is 5.50. The van der Waals surface area contributed by atoms with Gasteiger partial charge in [-0.25, -0.2) is 0 Å². The van der Waals surface area contributed by atoms with Gasteiger partial charge in [-0.1, -0.05) is 30.3 Å². The van der Waals surface area contributed by atoms with E-state index < -0.39 is 5.54 Å². The molecule has 112 valence electrons. The van der Waals surface area contributed by atoms with Crippen LogP contribution in [0.5, 0.6) is 5.75 Å². The molecular formula is C18H18N2O2. The maximum atomic E-state index is 9.99. The van der Waals surface area contributed by atoms with Gasteiger partial charge in [0.25, 0.3) is 0 Å². The first-order valence-corrected chi connectivity index (χ1v) is 7.35.